The molecule has 2 fully saturated rings. The lowest BCUT2D eigenvalue weighted by Crippen LogP contribution is -2.63. The predicted molar refractivity (Wildman–Crippen MR) is 132 cm³/mol. The molecule has 0 aromatic rings. The Balaban J connectivity index is 1.76. The van der Waals surface area contributed by atoms with Crippen LogP contribution in [-0.4, -0.2) is 93.9 Å². The van der Waals surface area contributed by atoms with Gasteiger partial charge in [-0.2, -0.15) is 0 Å². The van der Waals surface area contributed by atoms with Gasteiger partial charge in [0, 0.05) is 0 Å². The van der Waals surface area contributed by atoms with Gasteiger partial charge in [-0.25, -0.2) is 0 Å². The molecule has 0 spiro atoms. The highest BCUT2D eigenvalue weighted by Crippen LogP contribution is 2.92. The topological polar surface area (TPSA) is 205 Å². The first-order valence-electron chi connectivity index (χ1n) is 13.0. The van der Waals surface area contributed by atoms with Gasteiger partial charge in [-0.15, -0.1) is 0 Å². The Bertz CT molecular complexity index is 710. The maximum absolute atomic E-state index is 13.4. The van der Waals surface area contributed by atoms with Crippen molar-refractivity contribution in [2.75, 3.05) is 0 Å². The van der Waals surface area contributed by atoms with E-state index in [0.29, 0.717) is 6.42 Å². The van der Waals surface area contributed by atoms with Gasteiger partial charge in [-0.05, 0) is 12.8 Å². The van der Waals surface area contributed by atoms with E-state index < -0.39 is 60.2 Å². The van der Waals surface area contributed by atoms with Crippen LogP contribution in [0.4, 0.5) is 0 Å². The molecule has 9 atom stereocenters. The largest absolute Gasteiger partial charge is 0.387 e. The fourth-order valence-electron chi connectivity index (χ4n) is 5.30. The molecule has 10 nitrogen and oxygen atoms in total. The first-order valence-corrected chi connectivity index (χ1v) is 14.8. The van der Waals surface area contributed by atoms with E-state index in [1.54, 1.807) is 6.08 Å². The average Bonchev–Trinajstić information content (AvgIpc) is 3.27. The second kappa shape index (κ2) is 12.9. The van der Waals surface area contributed by atoms with Gasteiger partial charge in [-0.1, -0.05) is 83.3 Å². The molecule has 7 unspecified atom stereocenters. The molecule has 0 bridgehead atoms. The van der Waals surface area contributed by atoms with Crippen molar-refractivity contribution in [1.29, 1.82) is 0 Å². The van der Waals surface area contributed by atoms with E-state index in [1.165, 1.54) is 57.4 Å². The van der Waals surface area contributed by atoms with Crippen molar-refractivity contribution in [2.45, 2.75) is 137 Å². The zero-order chi connectivity index (χ0) is 26.4. The molecule has 0 radical (unpaired) electrons. The van der Waals surface area contributed by atoms with Crippen LogP contribution in [-0.2, 0) is 4.57 Å². The molecule has 10 N–H and O–H groups in total. The van der Waals surface area contributed by atoms with E-state index in [4.69, 9.17) is 5.73 Å². The van der Waals surface area contributed by atoms with Gasteiger partial charge in [0.25, 0.3) is 0 Å². The minimum atomic E-state index is -4.73. The third-order valence-corrected chi connectivity index (χ3v) is 11.8. The molecule has 1 aliphatic heterocycles. The molecule has 0 aromatic heterocycles. The molecule has 206 valence electrons. The molecule has 35 heavy (non-hydrogen) atoms. The number of rotatable bonds is 16. The number of fused-ring (bicyclic) bond motifs is 1. The fraction of sp³-hybridized carbons (Fsp3) is 0.917. The minimum Gasteiger partial charge on any atom is -0.387 e. The van der Waals surface area contributed by atoms with Crippen LogP contribution in [0.1, 0.15) is 84.0 Å². The molecule has 0 aromatic carbocycles. The molecule has 1 saturated carbocycles. The molecule has 1 heterocycles. The summed E-state index contributed by atoms with van der Waals surface area (Å²) in [5, 5.41) is 76.1. The zero-order valence-corrected chi connectivity index (χ0v) is 21.6. The van der Waals surface area contributed by atoms with Crippen LogP contribution in [0.15, 0.2) is 12.2 Å². The summed E-state index contributed by atoms with van der Waals surface area (Å²) in [5.41, 5.74) is 5.83. The first kappa shape index (κ1) is 30.8. The number of hydrogen-bond donors (Lipinski definition) is 9. The van der Waals surface area contributed by atoms with Crippen molar-refractivity contribution in [2.24, 2.45) is 5.73 Å². The van der Waals surface area contributed by atoms with Crippen molar-refractivity contribution in [3.63, 3.8) is 0 Å². The lowest BCUT2D eigenvalue weighted by Gasteiger charge is -2.36. The Morgan fingerprint density at radius 3 is 1.63 bits per heavy atom. The molecule has 11 heteroatoms. The Morgan fingerprint density at radius 1 is 0.800 bits per heavy atom. The quantitative estimate of drug-likeness (QED) is 0.0776. The summed E-state index contributed by atoms with van der Waals surface area (Å²) in [4.78, 5) is 0. The van der Waals surface area contributed by atoms with E-state index in [-0.39, 0.29) is 0 Å². The minimum absolute atomic E-state index is 0.665. The smallest absolute Gasteiger partial charge is 0.189 e. The van der Waals surface area contributed by atoms with Crippen LogP contribution in [0.25, 0.3) is 0 Å². The third-order valence-electron chi connectivity index (χ3n) is 7.74. The fourth-order valence-corrected chi connectivity index (χ4v) is 9.43. The van der Waals surface area contributed by atoms with Crippen molar-refractivity contribution in [3.05, 3.63) is 12.2 Å². The summed E-state index contributed by atoms with van der Waals surface area (Å²) in [5.74, 6) is -2.21. The van der Waals surface area contributed by atoms with Gasteiger partial charge >= 0.3 is 0 Å². The highest BCUT2D eigenvalue weighted by molar-refractivity contribution is 7.75. The van der Waals surface area contributed by atoms with Crippen LogP contribution in [0, 0.1) is 0 Å². The summed E-state index contributed by atoms with van der Waals surface area (Å²) in [7, 11) is -4.73. The first-order chi connectivity index (χ1) is 16.4. The summed E-state index contributed by atoms with van der Waals surface area (Å²) < 4.78 is 13.4. The molecule has 2 aliphatic rings. The average molecular weight is 524 g/mol. The number of aliphatic hydroxyl groups is 8. The maximum atomic E-state index is 13.4. The molecule has 1 aliphatic carbocycles. The highest BCUT2D eigenvalue weighted by Gasteiger charge is 2.97. The van der Waals surface area contributed by atoms with Crippen molar-refractivity contribution in [3.8, 4) is 0 Å². The second-order valence-corrected chi connectivity index (χ2v) is 13.4. The number of unbranched alkanes of at least 4 members (excludes halogenated alkanes) is 11. The summed E-state index contributed by atoms with van der Waals surface area (Å²) in [6.07, 6.45) is 6.68. The number of allylic oxidation sites excluding steroid dienone is 1. The maximum Gasteiger partial charge on any atom is 0.189 e. The Hall–Kier alpha value is -0.390. The van der Waals surface area contributed by atoms with E-state index in [1.807, 2.05) is 0 Å². The third kappa shape index (κ3) is 5.58. The van der Waals surface area contributed by atoms with Crippen molar-refractivity contribution in [1.82, 2.24) is 0 Å². The van der Waals surface area contributed by atoms with Crippen LogP contribution >= 0.6 is 7.14 Å². The normalized spacial score (nSPS) is 39.4. The second-order valence-electron chi connectivity index (χ2n) is 10.2. The van der Waals surface area contributed by atoms with Gasteiger partial charge in [-0.3, -0.25) is 0 Å². The SMILES string of the molecule is CCCCCCCCCCCCC/C=C/[C@@H](O)[C@H](N)C(O)P1(=O)C2(O)C(O)C(O)C(O)C(O)C21O. The standard InChI is InChI=1S/C24H46NO9P/c1-2-3-4-5-6-7-8-9-10-11-12-13-14-15-16(26)17(25)22(31)35(34)23(32)20(29)18(27)19(28)21(30)24(23,35)33/h14-22,26-33H,2-13,25H2,1H3/b15-14+/t16-,17+,18?,19?,20?,21?,22?,23?,24?,35?/m1/s1. The summed E-state index contributed by atoms with van der Waals surface area (Å²) >= 11 is 0. The monoisotopic (exact) mass is 523 g/mol. The van der Waals surface area contributed by atoms with Crippen LogP contribution in [0.2, 0.25) is 0 Å². The zero-order valence-electron chi connectivity index (χ0n) is 20.7. The van der Waals surface area contributed by atoms with Crippen molar-refractivity contribution < 1.29 is 45.4 Å². The van der Waals surface area contributed by atoms with E-state index in [2.05, 4.69) is 6.92 Å². The van der Waals surface area contributed by atoms with E-state index >= 15 is 0 Å². The highest BCUT2D eigenvalue weighted by atomic mass is 31.2. The lowest BCUT2D eigenvalue weighted by molar-refractivity contribution is -0.223. The predicted octanol–water partition coefficient (Wildman–Crippen LogP) is 0.461. The van der Waals surface area contributed by atoms with Gasteiger partial charge in [0.05, 0.1) is 12.1 Å². The lowest BCUT2D eigenvalue weighted by atomic mass is 9.85. The van der Waals surface area contributed by atoms with Crippen LogP contribution < -0.4 is 5.73 Å². The molecule has 1 saturated heterocycles. The van der Waals surface area contributed by atoms with E-state index in [9.17, 15) is 45.4 Å². The van der Waals surface area contributed by atoms with Gasteiger partial charge in [0.15, 0.2) is 17.8 Å². The summed E-state index contributed by atoms with van der Waals surface area (Å²) in [6, 6.07) is -1.62. The van der Waals surface area contributed by atoms with Crippen LogP contribution in [0.3, 0.4) is 0 Å². The Kier molecular flexibility index (Phi) is 11.4. The summed E-state index contributed by atoms with van der Waals surface area (Å²) in [6.45, 7) is 2.21. The van der Waals surface area contributed by atoms with Gasteiger partial charge in [0.2, 0.25) is 0 Å². The van der Waals surface area contributed by atoms with E-state index in [0.717, 1.165) is 19.3 Å². The van der Waals surface area contributed by atoms with Crippen LogP contribution in [0.5, 0.6) is 0 Å². The molecular formula is C24H46NO9P. The van der Waals surface area contributed by atoms with Crippen molar-refractivity contribution >= 4 is 7.14 Å². The molecule has 2 rings (SSSR count). The number of hydrogen-bond acceptors (Lipinski definition) is 10. The Morgan fingerprint density at radius 2 is 1.20 bits per heavy atom. The molecular weight excluding hydrogens is 477 g/mol. The number of nitrogens with two attached hydrogens (primary N) is 1. The van der Waals surface area contributed by atoms with Gasteiger partial charge in [0.1, 0.15) is 30.3 Å². The molecule has 0 amide bonds. The number of aliphatic hydroxyl groups excluding tert-OH is 6. The van der Waals surface area contributed by atoms with Gasteiger partial charge < -0.3 is 51.2 Å². The Labute approximate surface area is 207 Å².